The first kappa shape index (κ1) is 23.8. The number of amides is 2. The number of rotatable bonds is 7. The van der Waals surface area contributed by atoms with Crippen molar-refractivity contribution in [3.63, 3.8) is 0 Å². The average molecular weight is 497 g/mol. The Morgan fingerprint density at radius 2 is 1.46 bits per heavy atom. The third-order valence-corrected chi connectivity index (χ3v) is 9.13. The second-order valence-corrected chi connectivity index (χ2v) is 11.5. The molecule has 0 aromatic heterocycles. The van der Waals surface area contributed by atoms with Gasteiger partial charge in [0.2, 0.25) is 21.8 Å². The van der Waals surface area contributed by atoms with E-state index in [-0.39, 0.29) is 29.7 Å². The van der Waals surface area contributed by atoms with Crippen LogP contribution in [0.5, 0.6) is 0 Å². The first-order valence-electron chi connectivity index (χ1n) is 12.4. The molecule has 0 bridgehead atoms. The smallest absolute Gasteiger partial charge is 0.243 e. The van der Waals surface area contributed by atoms with Gasteiger partial charge in [0.25, 0.3) is 0 Å². The predicted octanol–water partition coefficient (Wildman–Crippen LogP) is 2.74. The third kappa shape index (κ3) is 5.06. The molecule has 3 aliphatic rings. The Labute approximate surface area is 206 Å². The van der Waals surface area contributed by atoms with E-state index in [2.05, 4.69) is 22.3 Å². The molecule has 0 aliphatic carbocycles. The lowest BCUT2D eigenvalue weighted by Crippen LogP contribution is -2.32. The quantitative estimate of drug-likeness (QED) is 0.637. The Kier molecular flexibility index (Phi) is 6.80. The molecule has 35 heavy (non-hydrogen) atoms. The Hall–Kier alpha value is -2.91. The molecule has 3 fully saturated rings. The summed E-state index contributed by atoms with van der Waals surface area (Å²) in [4.78, 5) is 29.7. The minimum absolute atomic E-state index is 0.0458. The molecule has 0 spiro atoms. The Morgan fingerprint density at radius 3 is 2.11 bits per heavy atom. The van der Waals surface area contributed by atoms with E-state index in [9.17, 15) is 18.0 Å². The molecule has 5 rings (SSSR count). The van der Waals surface area contributed by atoms with Gasteiger partial charge in [0.05, 0.1) is 10.8 Å². The maximum atomic E-state index is 12.8. The first-order chi connectivity index (χ1) is 16.9. The molecule has 9 heteroatoms. The highest BCUT2D eigenvalue weighted by Crippen LogP contribution is 2.28. The number of hydrogen-bond acceptors (Lipinski definition) is 5. The van der Waals surface area contributed by atoms with E-state index in [1.807, 2.05) is 12.1 Å². The van der Waals surface area contributed by atoms with E-state index in [0.717, 1.165) is 37.2 Å². The lowest BCUT2D eigenvalue weighted by molar-refractivity contribution is -0.126. The summed E-state index contributed by atoms with van der Waals surface area (Å²) < 4.78 is 26.9. The minimum Gasteiger partial charge on any atom is -0.372 e. The largest absolute Gasteiger partial charge is 0.372 e. The topological polar surface area (TPSA) is 90.0 Å². The molecule has 2 aromatic carbocycles. The van der Waals surface area contributed by atoms with Crippen molar-refractivity contribution >= 4 is 33.2 Å². The van der Waals surface area contributed by atoms with E-state index in [1.54, 1.807) is 29.2 Å². The molecule has 2 amide bonds. The Morgan fingerprint density at radius 1 is 0.857 bits per heavy atom. The van der Waals surface area contributed by atoms with Gasteiger partial charge >= 0.3 is 0 Å². The molecule has 3 heterocycles. The summed E-state index contributed by atoms with van der Waals surface area (Å²) in [6.45, 7) is 3.93. The zero-order valence-corrected chi connectivity index (χ0v) is 20.7. The number of anilines is 2. The van der Waals surface area contributed by atoms with Crippen molar-refractivity contribution in [2.24, 2.45) is 5.92 Å². The standard InChI is InChI=1S/C26H32N4O4S/c31-25-17-21(19-30(25)23-9-7-22(8-10-23)28-13-1-2-14-28)26(32)27-18-20-5-11-24(12-6-20)35(33,34)29-15-3-4-16-29/h5-12,21H,1-4,13-19H2,(H,27,32). The summed E-state index contributed by atoms with van der Waals surface area (Å²) >= 11 is 0. The van der Waals surface area contributed by atoms with Crippen LogP contribution in [0.1, 0.15) is 37.7 Å². The SMILES string of the molecule is O=C(NCc1ccc(S(=O)(=O)N2CCCC2)cc1)C1CC(=O)N(c2ccc(N3CCCC3)cc2)C1. The predicted molar refractivity (Wildman–Crippen MR) is 135 cm³/mol. The van der Waals surface area contributed by atoms with E-state index in [1.165, 1.54) is 22.8 Å². The maximum absolute atomic E-state index is 12.8. The maximum Gasteiger partial charge on any atom is 0.243 e. The molecule has 1 atom stereocenters. The van der Waals surface area contributed by atoms with Crippen LogP contribution in [0, 0.1) is 5.92 Å². The molecular weight excluding hydrogens is 464 g/mol. The van der Waals surface area contributed by atoms with Gasteiger partial charge in [-0.1, -0.05) is 12.1 Å². The van der Waals surface area contributed by atoms with Crippen LogP contribution in [-0.2, 0) is 26.2 Å². The van der Waals surface area contributed by atoms with E-state index < -0.39 is 15.9 Å². The van der Waals surface area contributed by atoms with Crippen LogP contribution in [0.4, 0.5) is 11.4 Å². The van der Waals surface area contributed by atoms with Crippen molar-refractivity contribution < 1.29 is 18.0 Å². The van der Waals surface area contributed by atoms with Gasteiger partial charge in [-0.3, -0.25) is 9.59 Å². The summed E-state index contributed by atoms with van der Waals surface area (Å²) in [5.41, 5.74) is 2.81. The molecule has 0 radical (unpaired) electrons. The highest BCUT2D eigenvalue weighted by atomic mass is 32.2. The van der Waals surface area contributed by atoms with Crippen LogP contribution >= 0.6 is 0 Å². The van der Waals surface area contributed by atoms with Crippen LogP contribution in [0.2, 0.25) is 0 Å². The Balaban J connectivity index is 1.15. The van der Waals surface area contributed by atoms with Gasteiger partial charge in [-0.15, -0.1) is 0 Å². The molecule has 1 N–H and O–H groups in total. The number of carbonyl (C=O) groups excluding carboxylic acids is 2. The average Bonchev–Trinajstić information content (AvgIpc) is 3.65. The van der Waals surface area contributed by atoms with E-state index in [0.29, 0.717) is 19.6 Å². The van der Waals surface area contributed by atoms with Gasteiger partial charge in [-0.2, -0.15) is 4.31 Å². The fraction of sp³-hybridized carbons (Fsp3) is 0.462. The molecule has 2 aromatic rings. The summed E-state index contributed by atoms with van der Waals surface area (Å²) in [5, 5.41) is 2.91. The highest BCUT2D eigenvalue weighted by molar-refractivity contribution is 7.89. The van der Waals surface area contributed by atoms with Crippen molar-refractivity contribution in [1.29, 1.82) is 0 Å². The second-order valence-electron chi connectivity index (χ2n) is 9.59. The van der Waals surface area contributed by atoms with E-state index >= 15 is 0 Å². The molecule has 3 aliphatic heterocycles. The number of hydrogen-bond donors (Lipinski definition) is 1. The highest BCUT2D eigenvalue weighted by Gasteiger charge is 2.35. The number of nitrogens with one attached hydrogen (secondary N) is 1. The van der Waals surface area contributed by atoms with Crippen molar-refractivity contribution in [2.45, 2.75) is 43.5 Å². The van der Waals surface area contributed by atoms with Crippen LogP contribution < -0.4 is 15.1 Å². The van der Waals surface area contributed by atoms with Crippen LogP contribution in [0.3, 0.4) is 0 Å². The Bertz CT molecular complexity index is 1170. The fourth-order valence-electron chi connectivity index (χ4n) is 5.14. The van der Waals surface area contributed by atoms with Crippen LogP contribution in [0.25, 0.3) is 0 Å². The summed E-state index contributed by atoms with van der Waals surface area (Å²) in [5.74, 6) is -0.616. The second kappa shape index (κ2) is 9.99. The molecular formula is C26H32N4O4S. The summed E-state index contributed by atoms with van der Waals surface area (Å²) in [6.07, 6.45) is 4.41. The van der Waals surface area contributed by atoms with Gasteiger partial charge in [-0.25, -0.2) is 8.42 Å². The lowest BCUT2D eigenvalue weighted by Gasteiger charge is -2.20. The number of sulfonamides is 1. The molecule has 3 saturated heterocycles. The monoisotopic (exact) mass is 496 g/mol. The van der Waals surface area contributed by atoms with Crippen molar-refractivity contribution in [1.82, 2.24) is 9.62 Å². The minimum atomic E-state index is -3.45. The summed E-state index contributed by atoms with van der Waals surface area (Å²) in [6, 6.07) is 14.7. The molecule has 186 valence electrons. The summed E-state index contributed by atoms with van der Waals surface area (Å²) in [7, 11) is -3.45. The number of benzene rings is 2. The van der Waals surface area contributed by atoms with Gasteiger partial charge < -0.3 is 15.1 Å². The number of carbonyl (C=O) groups is 2. The van der Waals surface area contributed by atoms with Crippen molar-refractivity contribution in [3.05, 3.63) is 54.1 Å². The lowest BCUT2D eigenvalue weighted by atomic mass is 10.1. The normalized spacial score (nSPS) is 21.1. The first-order valence-corrected chi connectivity index (χ1v) is 13.9. The van der Waals surface area contributed by atoms with Crippen molar-refractivity contribution in [3.8, 4) is 0 Å². The molecule has 8 nitrogen and oxygen atoms in total. The van der Waals surface area contributed by atoms with Crippen LogP contribution in [0.15, 0.2) is 53.4 Å². The van der Waals surface area contributed by atoms with Gasteiger partial charge in [0.15, 0.2) is 0 Å². The van der Waals surface area contributed by atoms with Crippen LogP contribution in [-0.4, -0.2) is 57.3 Å². The van der Waals surface area contributed by atoms with E-state index in [4.69, 9.17) is 0 Å². The van der Waals surface area contributed by atoms with Gasteiger partial charge in [0.1, 0.15) is 0 Å². The fourth-order valence-corrected chi connectivity index (χ4v) is 6.66. The van der Waals surface area contributed by atoms with Crippen molar-refractivity contribution in [2.75, 3.05) is 42.5 Å². The van der Waals surface area contributed by atoms with Gasteiger partial charge in [-0.05, 0) is 67.6 Å². The molecule has 0 saturated carbocycles. The molecule has 1 unspecified atom stereocenters. The number of nitrogens with zero attached hydrogens (tertiary/aromatic N) is 3. The van der Waals surface area contributed by atoms with Gasteiger partial charge in [0, 0.05) is 57.1 Å². The zero-order chi connectivity index (χ0) is 24.4. The zero-order valence-electron chi connectivity index (χ0n) is 19.9. The third-order valence-electron chi connectivity index (χ3n) is 7.22.